The first-order valence-corrected chi connectivity index (χ1v) is 5.67. The Morgan fingerprint density at radius 2 is 1.21 bits per heavy atom. The van der Waals surface area contributed by atoms with Crippen molar-refractivity contribution in [2.45, 2.75) is 13.8 Å². The minimum absolute atomic E-state index is 0. The van der Waals surface area contributed by atoms with Crippen LogP contribution in [0.4, 0.5) is 0 Å². The molecule has 0 saturated heterocycles. The summed E-state index contributed by atoms with van der Waals surface area (Å²) in [6.45, 7) is 6.84. The van der Waals surface area contributed by atoms with E-state index in [1.807, 2.05) is 36.5 Å². The predicted molar refractivity (Wildman–Crippen MR) is 71.1 cm³/mol. The fourth-order valence-corrected chi connectivity index (χ4v) is 1.38. The molecule has 0 bridgehead atoms. The van der Waals surface area contributed by atoms with Gasteiger partial charge in [-0.1, -0.05) is 73.4 Å². The van der Waals surface area contributed by atoms with Crippen LogP contribution in [-0.4, -0.2) is 0 Å². The van der Waals surface area contributed by atoms with Gasteiger partial charge in [-0.15, -0.1) is 5.76 Å². The second kappa shape index (κ2) is 8.41. The fraction of sp³-hybridized carbons (Fsp3) is 0.125. The van der Waals surface area contributed by atoms with Gasteiger partial charge in [-0.05, 0) is 18.1 Å². The summed E-state index contributed by atoms with van der Waals surface area (Å²) in [6, 6.07) is 0. The molecule has 0 fully saturated rings. The summed E-state index contributed by atoms with van der Waals surface area (Å²) >= 11 is 0. The van der Waals surface area contributed by atoms with E-state index in [2.05, 4.69) is 6.58 Å². The molecule has 0 N–H and O–H groups in total. The molecule has 0 radical (unpaired) electrons. The van der Waals surface area contributed by atoms with Crippen molar-refractivity contribution in [1.82, 2.24) is 0 Å². The zero-order valence-corrected chi connectivity index (χ0v) is 12.1. The van der Waals surface area contributed by atoms with Crippen LogP contribution in [0, 0.1) is 0 Å². The third kappa shape index (κ3) is 5.64. The molecular weight excluding hydrogens is 280 g/mol. The molecule has 2 nitrogen and oxygen atoms in total. The Hall–Kier alpha value is -1.70. The minimum Gasteiger partial charge on any atom is -0.875 e. The average molecular weight is 296 g/mol. The molecule has 2 aliphatic carbocycles. The predicted octanol–water partition coefficient (Wildman–Crippen LogP) is 2.05. The van der Waals surface area contributed by atoms with E-state index in [9.17, 15) is 10.2 Å². The molecule has 19 heavy (non-hydrogen) atoms. The van der Waals surface area contributed by atoms with Gasteiger partial charge in [0.05, 0.1) is 0 Å². The molecule has 0 spiro atoms. The van der Waals surface area contributed by atoms with E-state index in [1.165, 1.54) is 0 Å². The first-order valence-electron chi connectivity index (χ1n) is 5.67. The van der Waals surface area contributed by atoms with Gasteiger partial charge >= 0.3 is 17.1 Å². The van der Waals surface area contributed by atoms with E-state index in [4.69, 9.17) is 0 Å². The summed E-state index contributed by atoms with van der Waals surface area (Å²) in [5.74, 6) is 0.167. The van der Waals surface area contributed by atoms with Crippen LogP contribution in [0.3, 0.4) is 0 Å². The Morgan fingerprint density at radius 1 is 0.842 bits per heavy atom. The van der Waals surface area contributed by atoms with Crippen LogP contribution < -0.4 is 10.2 Å². The zero-order valence-electron chi connectivity index (χ0n) is 11.0. The van der Waals surface area contributed by atoms with Crippen molar-refractivity contribution in [3.8, 4) is 0 Å². The van der Waals surface area contributed by atoms with E-state index in [-0.39, 0.29) is 28.6 Å². The molecule has 0 aromatic carbocycles. The van der Waals surface area contributed by atoms with Crippen molar-refractivity contribution in [2.24, 2.45) is 0 Å². The van der Waals surface area contributed by atoms with Crippen LogP contribution in [-0.2, 0) is 17.1 Å². The summed E-state index contributed by atoms with van der Waals surface area (Å²) in [5, 5.41) is 21.6. The van der Waals surface area contributed by atoms with Crippen LogP contribution in [0.1, 0.15) is 13.8 Å². The quantitative estimate of drug-likeness (QED) is 0.549. The van der Waals surface area contributed by atoms with Crippen molar-refractivity contribution in [3.63, 3.8) is 0 Å². The van der Waals surface area contributed by atoms with Crippen LogP contribution in [0.25, 0.3) is 0 Å². The second-order valence-electron chi connectivity index (χ2n) is 4.01. The Balaban J connectivity index is 0.000000331. The molecule has 2 aliphatic rings. The third-order valence-corrected chi connectivity index (χ3v) is 2.38. The normalized spacial score (nSPS) is 14.0. The zero-order chi connectivity index (χ0) is 13.5. The molecular formula is C16H16FeO2. The number of hydrogen-bond donors (Lipinski definition) is 0. The number of hydrogen-bond acceptors (Lipinski definition) is 2. The maximum absolute atomic E-state index is 11.1. The second-order valence-corrected chi connectivity index (χ2v) is 4.01. The van der Waals surface area contributed by atoms with Gasteiger partial charge in [-0.2, -0.15) is 0 Å². The smallest absolute Gasteiger partial charge is 0.875 e. The molecule has 0 atom stereocenters. The summed E-state index contributed by atoms with van der Waals surface area (Å²) in [6.07, 6.45) is 14.6. The molecule has 0 saturated carbocycles. The molecule has 3 heteroatoms. The topological polar surface area (TPSA) is 46.1 Å². The van der Waals surface area contributed by atoms with E-state index in [0.717, 1.165) is 11.1 Å². The summed E-state index contributed by atoms with van der Waals surface area (Å²) in [4.78, 5) is 0. The van der Waals surface area contributed by atoms with Crippen LogP contribution in [0.2, 0.25) is 0 Å². The van der Waals surface area contributed by atoms with Crippen molar-refractivity contribution >= 4 is 0 Å². The molecule has 0 aliphatic heterocycles. The van der Waals surface area contributed by atoms with Gasteiger partial charge in [0.15, 0.2) is 0 Å². The van der Waals surface area contributed by atoms with E-state index in [1.54, 1.807) is 26.0 Å². The Kier molecular flexibility index (Phi) is 7.66. The summed E-state index contributed by atoms with van der Waals surface area (Å²) in [5.41, 5.74) is 2.11. The first kappa shape index (κ1) is 17.3. The van der Waals surface area contributed by atoms with Crippen LogP contribution in [0.5, 0.6) is 0 Å². The van der Waals surface area contributed by atoms with Gasteiger partial charge in [0.25, 0.3) is 0 Å². The Labute approximate surface area is 125 Å². The number of rotatable bonds is 1. The number of allylic oxidation sites excluding steroid dienone is 12. The van der Waals surface area contributed by atoms with Gasteiger partial charge in [0.2, 0.25) is 0 Å². The first-order chi connectivity index (χ1) is 8.52. The van der Waals surface area contributed by atoms with E-state index >= 15 is 0 Å². The van der Waals surface area contributed by atoms with Crippen LogP contribution >= 0.6 is 0 Å². The van der Waals surface area contributed by atoms with E-state index < -0.39 is 0 Å². The SMILES string of the molecule is C=C(C)C([O-])=C1C=CC=C1.CC([O-])=C1C=CC=C1.[Fe+2]. The van der Waals surface area contributed by atoms with Crippen molar-refractivity contribution in [1.29, 1.82) is 0 Å². The molecule has 0 aromatic heterocycles. The maximum atomic E-state index is 11.1. The molecule has 0 aromatic rings. The molecule has 100 valence electrons. The van der Waals surface area contributed by atoms with Crippen molar-refractivity contribution < 1.29 is 27.3 Å². The third-order valence-electron chi connectivity index (χ3n) is 2.38. The van der Waals surface area contributed by atoms with Gasteiger partial charge < -0.3 is 10.2 Å². The van der Waals surface area contributed by atoms with Crippen LogP contribution in [0.15, 0.2) is 83.4 Å². The van der Waals surface area contributed by atoms with E-state index in [0.29, 0.717) is 5.57 Å². The molecule has 0 unspecified atom stereocenters. The maximum Gasteiger partial charge on any atom is 2.00 e. The molecule has 2 rings (SSSR count). The largest absolute Gasteiger partial charge is 2.00 e. The van der Waals surface area contributed by atoms with Gasteiger partial charge in [-0.3, -0.25) is 0 Å². The monoisotopic (exact) mass is 296 g/mol. The molecule has 0 amide bonds. The minimum atomic E-state index is 0. The standard InChI is InChI=1S/C9H10O.C7H8O.Fe/c1-7(2)9(10)8-5-3-4-6-8;1-6(8)7-4-2-3-5-7;/h3-6,10H,1H2,2H3;2-5,8H,1H3;/q;;+2/p-2. The Bertz CT molecular complexity index is 483. The fourth-order valence-electron chi connectivity index (χ4n) is 1.38. The van der Waals surface area contributed by atoms with Gasteiger partial charge in [0.1, 0.15) is 0 Å². The summed E-state index contributed by atoms with van der Waals surface area (Å²) < 4.78 is 0. The van der Waals surface area contributed by atoms with Crippen molar-refractivity contribution in [3.05, 3.63) is 83.4 Å². The summed E-state index contributed by atoms with van der Waals surface area (Å²) in [7, 11) is 0. The average Bonchev–Trinajstić information content (AvgIpc) is 3.02. The molecule has 0 heterocycles. The van der Waals surface area contributed by atoms with Crippen molar-refractivity contribution in [2.75, 3.05) is 0 Å². The van der Waals surface area contributed by atoms with Gasteiger partial charge in [-0.25, -0.2) is 0 Å². The van der Waals surface area contributed by atoms with Gasteiger partial charge in [0, 0.05) is 0 Å². The Morgan fingerprint density at radius 3 is 1.47 bits per heavy atom.